The molecular formula is C9H12N4O3. The van der Waals surface area contributed by atoms with Gasteiger partial charge < -0.3 is 4.42 Å². The van der Waals surface area contributed by atoms with Crippen molar-refractivity contribution in [2.45, 2.75) is 12.8 Å². The van der Waals surface area contributed by atoms with Gasteiger partial charge in [0.25, 0.3) is 0 Å². The maximum Gasteiger partial charge on any atom is 0.240 e. The molecule has 0 aliphatic rings. The summed E-state index contributed by atoms with van der Waals surface area (Å²) in [5, 5.41) is 3.64. The minimum atomic E-state index is -0.398. The van der Waals surface area contributed by atoms with Crippen LogP contribution in [0.15, 0.2) is 27.9 Å². The van der Waals surface area contributed by atoms with Gasteiger partial charge in [0.1, 0.15) is 5.76 Å². The number of hydrazine groups is 1. The number of nitrogens with one attached hydrogen (secondary N) is 2. The SMILES string of the molecule is NNC(=O)CCC(=O)N/N=C\c1ccco1. The normalized spacial score (nSPS) is 10.3. The molecule has 0 saturated carbocycles. The van der Waals surface area contributed by atoms with Crippen molar-refractivity contribution in [2.24, 2.45) is 10.9 Å². The van der Waals surface area contributed by atoms with E-state index in [4.69, 9.17) is 10.3 Å². The van der Waals surface area contributed by atoms with Crippen LogP contribution >= 0.6 is 0 Å². The molecular weight excluding hydrogens is 212 g/mol. The van der Waals surface area contributed by atoms with Crippen LogP contribution in [0.4, 0.5) is 0 Å². The van der Waals surface area contributed by atoms with Crippen molar-refractivity contribution in [1.82, 2.24) is 10.9 Å². The molecule has 0 unspecified atom stereocenters. The molecule has 1 rings (SSSR count). The third-order valence-electron chi connectivity index (χ3n) is 1.66. The number of hydrazone groups is 1. The van der Waals surface area contributed by atoms with Crippen molar-refractivity contribution in [3.8, 4) is 0 Å². The van der Waals surface area contributed by atoms with Crippen LogP contribution in [-0.4, -0.2) is 18.0 Å². The quantitative estimate of drug-likeness (QED) is 0.271. The Morgan fingerprint density at radius 2 is 2.19 bits per heavy atom. The smallest absolute Gasteiger partial charge is 0.240 e. The highest BCUT2D eigenvalue weighted by atomic mass is 16.3. The molecule has 0 atom stereocenters. The number of hydrogen-bond donors (Lipinski definition) is 3. The first-order valence-electron chi connectivity index (χ1n) is 4.57. The predicted molar refractivity (Wildman–Crippen MR) is 56.0 cm³/mol. The first-order chi connectivity index (χ1) is 7.72. The summed E-state index contributed by atoms with van der Waals surface area (Å²) in [6, 6.07) is 3.40. The van der Waals surface area contributed by atoms with E-state index in [1.54, 1.807) is 12.1 Å². The Kier molecular flexibility index (Phi) is 4.74. The summed E-state index contributed by atoms with van der Waals surface area (Å²) < 4.78 is 4.95. The Balaban J connectivity index is 2.22. The van der Waals surface area contributed by atoms with Crippen LogP contribution in [0.3, 0.4) is 0 Å². The standard InChI is InChI=1S/C9H12N4O3/c10-12-8(14)3-4-9(15)13-11-6-7-2-1-5-16-7/h1-2,5-6H,3-4,10H2,(H,12,14)(H,13,15)/b11-6-. The molecule has 7 heteroatoms. The Labute approximate surface area is 91.6 Å². The second kappa shape index (κ2) is 6.36. The fourth-order valence-corrected chi connectivity index (χ4v) is 0.888. The first kappa shape index (κ1) is 11.9. The maximum atomic E-state index is 11.1. The molecule has 0 spiro atoms. The molecule has 1 aromatic rings. The highest BCUT2D eigenvalue weighted by Gasteiger charge is 2.03. The molecule has 0 aliphatic carbocycles. The highest BCUT2D eigenvalue weighted by molar-refractivity contribution is 5.84. The zero-order chi connectivity index (χ0) is 11.8. The molecule has 0 aliphatic heterocycles. The van der Waals surface area contributed by atoms with Crippen molar-refractivity contribution in [3.05, 3.63) is 24.2 Å². The van der Waals surface area contributed by atoms with E-state index in [2.05, 4.69) is 10.5 Å². The van der Waals surface area contributed by atoms with Gasteiger partial charge in [-0.1, -0.05) is 0 Å². The second-order valence-electron chi connectivity index (χ2n) is 2.88. The van der Waals surface area contributed by atoms with Crippen LogP contribution in [0.2, 0.25) is 0 Å². The molecule has 86 valence electrons. The molecule has 2 amide bonds. The minimum Gasteiger partial charge on any atom is -0.463 e. The molecule has 16 heavy (non-hydrogen) atoms. The monoisotopic (exact) mass is 224 g/mol. The zero-order valence-corrected chi connectivity index (χ0v) is 8.47. The van der Waals surface area contributed by atoms with E-state index < -0.39 is 5.91 Å². The fraction of sp³-hybridized carbons (Fsp3) is 0.222. The highest BCUT2D eigenvalue weighted by Crippen LogP contribution is 1.94. The Morgan fingerprint density at radius 3 is 2.81 bits per heavy atom. The Hall–Kier alpha value is -2.15. The van der Waals surface area contributed by atoms with Crippen molar-refractivity contribution < 1.29 is 14.0 Å². The number of rotatable bonds is 5. The predicted octanol–water partition coefficient (Wildman–Crippen LogP) is -0.500. The largest absolute Gasteiger partial charge is 0.463 e. The van der Waals surface area contributed by atoms with Gasteiger partial charge in [-0.25, -0.2) is 11.3 Å². The maximum absolute atomic E-state index is 11.1. The number of hydrogen-bond acceptors (Lipinski definition) is 5. The van der Waals surface area contributed by atoms with Crippen molar-refractivity contribution in [1.29, 1.82) is 0 Å². The van der Waals surface area contributed by atoms with Gasteiger partial charge in [0.2, 0.25) is 11.8 Å². The molecule has 0 fully saturated rings. The van der Waals surface area contributed by atoms with Crippen molar-refractivity contribution in [3.63, 3.8) is 0 Å². The molecule has 4 N–H and O–H groups in total. The van der Waals surface area contributed by atoms with Crippen LogP contribution in [0.1, 0.15) is 18.6 Å². The van der Waals surface area contributed by atoms with Gasteiger partial charge in [-0.3, -0.25) is 15.0 Å². The summed E-state index contributed by atoms with van der Waals surface area (Å²) in [4.78, 5) is 21.8. The lowest BCUT2D eigenvalue weighted by Gasteiger charge is -1.98. The van der Waals surface area contributed by atoms with Crippen LogP contribution < -0.4 is 16.7 Å². The van der Waals surface area contributed by atoms with E-state index in [9.17, 15) is 9.59 Å². The topological polar surface area (TPSA) is 110 Å². The lowest BCUT2D eigenvalue weighted by Crippen LogP contribution is -2.31. The van der Waals surface area contributed by atoms with E-state index in [1.807, 2.05) is 5.43 Å². The summed E-state index contributed by atoms with van der Waals surface area (Å²) in [6.45, 7) is 0. The summed E-state index contributed by atoms with van der Waals surface area (Å²) in [5.41, 5.74) is 4.18. The fourth-order valence-electron chi connectivity index (χ4n) is 0.888. The van der Waals surface area contributed by atoms with Gasteiger partial charge >= 0.3 is 0 Å². The third-order valence-corrected chi connectivity index (χ3v) is 1.66. The molecule has 0 saturated heterocycles. The second-order valence-corrected chi connectivity index (χ2v) is 2.88. The van der Waals surface area contributed by atoms with Crippen LogP contribution in [-0.2, 0) is 9.59 Å². The number of furan rings is 1. The van der Waals surface area contributed by atoms with Gasteiger partial charge in [-0.15, -0.1) is 0 Å². The molecule has 0 radical (unpaired) electrons. The van der Waals surface area contributed by atoms with Gasteiger partial charge in [0, 0.05) is 12.8 Å². The summed E-state index contributed by atoms with van der Waals surface area (Å²) in [5.74, 6) is 4.61. The van der Waals surface area contributed by atoms with E-state index in [-0.39, 0.29) is 18.7 Å². The lowest BCUT2D eigenvalue weighted by atomic mass is 10.3. The summed E-state index contributed by atoms with van der Waals surface area (Å²) in [6.07, 6.45) is 2.91. The average molecular weight is 224 g/mol. The van der Waals surface area contributed by atoms with Gasteiger partial charge in [0.05, 0.1) is 12.5 Å². The van der Waals surface area contributed by atoms with Crippen molar-refractivity contribution in [2.75, 3.05) is 0 Å². The number of carbonyl (C=O) groups excluding carboxylic acids is 2. The molecule has 1 aromatic heterocycles. The van der Waals surface area contributed by atoms with E-state index in [0.29, 0.717) is 5.76 Å². The van der Waals surface area contributed by atoms with Crippen LogP contribution in [0, 0.1) is 0 Å². The van der Waals surface area contributed by atoms with E-state index in [0.717, 1.165) is 0 Å². The first-order valence-corrected chi connectivity index (χ1v) is 4.57. The zero-order valence-electron chi connectivity index (χ0n) is 8.47. The summed E-state index contributed by atoms with van der Waals surface area (Å²) in [7, 11) is 0. The Morgan fingerprint density at radius 1 is 1.44 bits per heavy atom. The molecule has 1 heterocycles. The number of nitrogens with zero attached hydrogens (tertiary/aromatic N) is 1. The summed E-state index contributed by atoms with van der Waals surface area (Å²) >= 11 is 0. The van der Waals surface area contributed by atoms with Gasteiger partial charge in [0.15, 0.2) is 0 Å². The van der Waals surface area contributed by atoms with Crippen LogP contribution in [0.5, 0.6) is 0 Å². The van der Waals surface area contributed by atoms with E-state index >= 15 is 0 Å². The Bertz CT molecular complexity index is 372. The lowest BCUT2D eigenvalue weighted by molar-refractivity contribution is -0.126. The molecule has 0 bridgehead atoms. The average Bonchev–Trinajstić information content (AvgIpc) is 2.79. The van der Waals surface area contributed by atoms with E-state index in [1.165, 1.54) is 12.5 Å². The van der Waals surface area contributed by atoms with Crippen molar-refractivity contribution >= 4 is 18.0 Å². The minimum absolute atomic E-state index is 0.0263. The van der Waals surface area contributed by atoms with Crippen LogP contribution in [0.25, 0.3) is 0 Å². The van der Waals surface area contributed by atoms with Gasteiger partial charge in [-0.05, 0) is 12.1 Å². The van der Waals surface area contributed by atoms with Gasteiger partial charge in [-0.2, -0.15) is 5.10 Å². The number of nitrogens with two attached hydrogens (primary N) is 1. The molecule has 0 aromatic carbocycles. The molecule has 7 nitrogen and oxygen atoms in total. The number of carbonyl (C=O) groups is 2. The number of amides is 2. The third kappa shape index (κ3) is 4.38.